The van der Waals surface area contributed by atoms with Gasteiger partial charge in [-0.15, -0.1) is 0 Å². The van der Waals surface area contributed by atoms with Gasteiger partial charge in [-0.1, -0.05) is 51.5 Å². The van der Waals surface area contributed by atoms with E-state index in [1.165, 1.54) is 19.3 Å². The highest BCUT2D eigenvalue weighted by molar-refractivity contribution is 6.24. The second kappa shape index (κ2) is 6.43. The van der Waals surface area contributed by atoms with Crippen LogP contribution in [0.1, 0.15) is 67.2 Å². The van der Waals surface area contributed by atoms with E-state index in [0.717, 1.165) is 17.9 Å². The molecule has 0 bridgehead atoms. The summed E-state index contributed by atoms with van der Waals surface area (Å²) in [6, 6.07) is 7.20. The topological polar surface area (TPSA) is 34.1 Å². The predicted octanol–water partition coefficient (Wildman–Crippen LogP) is 5.09. The van der Waals surface area contributed by atoms with Crippen molar-refractivity contribution >= 4 is 11.6 Å². The van der Waals surface area contributed by atoms with Gasteiger partial charge in [0.2, 0.25) is 0 Å². The van der Waals surface area contributed by atoms with Gasteiger partial charge in [0.05, 0.1) is 0 Å². The summed E-state index contributed by atoms with van der Waals surface area (Å²) in [7, 11) is 0. The van der Waals surface area contributed by atoms with Crippen LogP contribution >= 0.6 is 0 Å². The first-order valence-corrected chi connectivity index (χ1v) is 8.86. The molecule has 1 saturated carbocycles. The van der Waals surface area contributed by atoms with Crippen molar-refractivity contribution < 1.29 is 9.59 Å². The van der Waals surface area contributed by atoms with Gasteiger partial charge >= 0.3 is 0 Å². The third-order valence-corrected chi connectivity index (χ3v) is 5.68. The molecule has 0 saturated heterocycles. The van der Waals surface area contributed by atoms with Crippen LogP contribution in [0.4, 0.5) is 0 Å². The van der Waals surface area contributed by atoms with Gasteiger partial charge in [0, 0.05) is 16.7 Å². The lowest BCUT2D eigenvalue weighted by Crippen LogP contribution is -2.29. The smallest absolute Gasteiger partial charge is 0.189 e. The normalized spacial score (nSPS) is 27.8. The van der Waals surface area contributed by atoms with E-state index < -0.39 is 0 Å². The van der Waals surface area contributed by atoms with Crippen molar-refractivity contribution in [2.45, 2.75) is 46.5 Å². The number of rotatable bonds is 3. The van der Waals surface area contributed by atoms with Gasteiger partial charge in [-0.05, 0) is 49.0 Å². The second-order valence-electron chi connectivity index (χ2n) is 7.70. The molecule has 2 nitrogen and oxygen atoms in total. The average molecular weight is 310 g/mol. The van der Waals surface area contributed by atoms with Gasteiger partial charge in [0.1, 0.15) is 0 Å². The number of Topliss-reactive ketones (excluding diaryl/α,β-unsaturated/α-hetero) is 1. The monoisotopic (exact) mass is 310 g/mol. The number of hydrogen-bond donors (Lipinski definition) is 0. The largest absolute Gasteiger partial charge is 0.289 e. The average Bonchev–Trinajstić information content (AvgIpc) is 2.52. The lowest BCUT2D eigenvalue weighted by molar-refractivity contribution is 0.0962. The van der Waals surface area contributed by atoms with Crippen LogP contribution in [0.25, 0.3) is 0 Å². The van der Waals surface area contributed by atoms with E-state index in [1.807, 2.05) is 12.1 Å². The van der Waals surface area contributed by atoms with Crippen LogP contribution in [0.3, 0.4) is 0 Å². The number of ketones is 2. The van der Waals surface area contributed by atoms with E-state index in [0.29, 0.717) is 28.9 Å². The van der Waals surface area contributed by atoms with Gasteiger partial charge in [-0.3, -0.25) is 9.59 Å². The molecule has 1 aromatic carbocycles. The molecular formula is C21H26O2. The van der Waals surface area contributed by atoms with Crippen LogP contribution in [0.15, 0.2) is 35.9 Å². The minimum Gasteiger partial charge on any atom is -0.289 e. The summed E-state index contributed by atoms with van der Waals surface area (Å²) < 4.78 is 0. The Bertz CT molecular complexity index is 654. The van der Waals surface area contributed by atoms with E-state index in [-0.39, 0.29) is 11.6 Å². The molecule has 0 spiro atoms. The molecule has 0 radical (unpaired) electrons. The van der Waals surface area contributed by atoms with Crippen LogP contribution < -0.4 is 0 Å². The van der Waals surface area contributed by atoms with Gasteiger partial charge in [0.25, 0.3) is 0 Å². The van der Waals surface area contributed by atoms with E-state index in [9.17, 15) is 9.59 Å². The molecule has 3 rings (SSSR count). The zero-order valence-corrected chi connectivity index (χ0v) is 14.3. The number of carbonyl (C=O) groups is 2. The zero-order valence-electron chi connectivity index (χ0n) is 14.3. The molecule has 2 aliphatic carbocycles. The fourth-order valence-corrected chi connectivity index (χ4v) is 4.44. The van der Waals surface area contributed by atoms with Crippen molar-refractivity contribution in [3.8, 4) is 0 Å². The summed E-state index contributed by atoms with van der Waals surface area (Å²) in [4.78, 5) is 25.1. The maximum Gasteiger partial charge on any atom is 0.189 e. The van der Waals surface area contributed by atoms with E-state index in [4.69, 9.17) is 0 Å². The summed E-state index contributed by atoms with van der Waals surface area (Å²) in [5.41, 5.74) is 1.86. The number of allylic oxidation sites excluding steroid dienone is 2. The Morgan fingerprint density at radius 1 is 1.09 bits per heavy atom. The van der Waals surface area contributed by atoms with E-state index >= 15 is 0 Å². The molecular weight excluding hydrogens is 284 g/mol. The van der Waals surface area contributed by atoms with Crippen molar-refractivity contribution in [3.63, 3.8) is 0 Å². The number of benzene rings is 1. The van der Waals surface area contributed by atoms with Gasteiger partial charge < -0.3 is 0 Å². The molecule has 0 N–H and O–H groups in total. The lowest BCUT2D eigenvalue weighted by Gasteiger charge is -2.38. The van der Waals surface area contributed by atoms with Gasteiger partial charge in [0.15, 0.2) is 11.6 Å². The van der Waals surface area contributed by atoms with Gasteiger partial charge in [-0.2, -0.15) is 0 Å². The predicted molar refractivity (Wildman–Crippen MR) is 92.6 cm³/mol. The quantitative estimate of drug-likeness (QED) is 0.779. The molecule has 2 heteroatoms. The summed E-state index contributed by atoms with van der Waals surface area (Å²) in [5, 5.41) is 0. The maximum absolute atomic E-state index is 12.8. The summed E-state index contributed by atoms with van der Waals surface area (Å²) in [6.07, 6.45) is 6.06. The number of hydrogen-bond acceptors (Lipinski definition) is 2. The highest BCUT2D eigenvalue weighted by atomic mass is 16.1. The Labute approximate surface area is 139 Å². The van der Waals surface area contributed by atoms with E-state index in [2.05, 4.69) is 20.8 Å². The molecule has 122 valence electrons. The molecule has 0 amide bonds. The van der Waals surface area contributed by atoms with Crippen molar-refractivity contribution in [2.24, 2.45) is 23.7 Å². The molecule has 0 heterocycles. The first-order chi connectivity index (χ1) is 11.0. The molecule has 0 aliphatic heterocycles. The fourth-order valence-electron chi connectivity index (χ4n) is 4.44. The zero-order chi connectivity index (χ0) is 16.6. The fraction of sp³-hybridized carbons (Fsp3) is 0.524. The Morgan fingerprint density at radius 2 is 1.78 bits per heavy atom. The van der Waals surface area contributed by atoms with Crippen LogP contribution in [0.5, 0.6) is 0 Å². The third-order valence-electron chi connectivity index (χ3n) is 5.68. The molecule has 1 fully saturated rings. The molecule has 2 aliphatic rings. The summed E-state index contributed by atoms with van der Waals surface area (Å²) in [5.74, 6) is 2.58. The van der Waals surface area contributed by atoms with Crippen LogP contribution in [-0.2, 0) is 0 Å². The second-order valence-corrected chi connectivity index (χ2v) is 7.70. The molecule has 0 aromatic heterocycles. The first kappa shape index (κ1) is 16.2. The summed E-state index contributed by atoms with van der Waals surface area (Å²) >= 11 is 0. The highest BCUT2D eigenvalue weighted by Crippen LogP contribution is 2.42. The highest BCUT2D eigenvalue weighted by Gasteiger charge is 2.34. The maximum atomic E-state index is 12.8. The Balaban J connectivity index is 1.85. The van der Waals surface area contributed by atoms with Crippen LogP contribution in [0, 0.1) is 23.7 Å². The third kappa shape index (κ3) is 3.17. The number of carbonyl (C=O) groups excluding carboxylic acids is 2. The number of fused-ring (bicyclic) bond motifs is 1. The lowest BCUT2D eigenvalue weighted by atomic mass is 9.67. The Morgan fingerprint density at radius 3 is 2.48 bits per heavy atom. The van der Waals surface area contributed by atoms with Crippen molar-refractivity contribution in [1.29, 1.82) is 0 Å². The molecule has 1 aromatic rings. The SMILES string of the molecule is CC1CCC(C(C)C)C(CC2=CC(=O)c3ccccc3C2=O)C1. The van der Waals surface area contributed by atoms with Crippen molar-refractivity contribution in [3.05, 3.63) is 47.0 Å². The molecule has 3 unspecified atom stereocenters. The summed E-state index contributed by atoms with van der Waals surface area (Å²) in [6.45, 7) is 6.87. The Kier molecular flexibility index (Phi) is 4.52. The van der Waals surface area contributed by atoms with Crippen molar-refractivity contribution in [2.75, 3.05) is 0 Å². The van der Waals surface area contributed by atoms with E-state index in [1.54, 1.807) is 18.2 Å². The standard InChI is InChI=1S/C21H26O2/c1-13(2)17-9-8-14(3)10-15(17)11-16-12-20(22)18-6-4-5-7-19(18)21(16)23/h4-7,12-15,17H,8-11H2,1-3H3. The van der Waals surface area contributed by atoms with Gasteiger partial charge in [-0.25, -0.2) is 0 Å². The van der Waals surface area contributed by atoms with Crippen LogP contribution in [-0.4, -0.2) is 11.6 Å². The van der Waals surface area contributed by atoms with Crippen molar-refractivity contribution in [1.82, 2.24) is 0 Å². The molecule has 3 atom stereocenters. The Hall–Kier alpha value is -1.70. The minimum atomic E-state index is -0.0137. The first-order valence-electron chi connectivity index (χ1n) is 8.86. The molecule has 23 heavy (non-hydrogen) atoms. The van der Waals surface area contributed by atoms with Crippen LogP contribution in [0.2, 0.25) is 0 Å². The minimum absolute atomic E-state index is 0.0137.